The summed E-state index contributed by atoms with van der Waals surface area (Å²) in [5.41, 5.74) is 14.9. The third kappa shape index (κ3) is 5.08. The van der Waals surface area contributed by atoms with E-state index in [9.17, 15) is 19.2 Å². The van der Waals surface area contributed by atoms with Gasteiger partial charge in [-0.2, -0.15) is 11.8 Å². The Morgan fingerprint density at radius 3 is 2.66 bits per heavy atom. The second kappa shape index (κ2) is 11.3. The van der Waals surface area contributed by atoms with Crippen molar-refractivity contribution in [2.45, 2.75) is 38.1 Å². The van der Waals surface area contributed by atoms with Crippen LogP contribution in [0.15, 0.2) is 32.6 Å². The van der Waals surface area contributed by atoms with Crippen molar-refractivity contribution in [3.05, 3.63) is 82.0 Å². The summed E-state index contributed by atoms with van der Waals surface area (Å²) in [7, 11) is 0. The van der Waals surface area contributed by atoms with E-state index >= 15 is 0 Å². The van der Waals surface area contributed by atoms with E-state index in [0.717, 1.165) is 52.3 Å². The van der Waals surface area contributed by atoms with Crippen LogP contribution in [0.25, 0.3) is 10.2 Å². The molecular formula is C25H26ClN5O5S2. The lowest BCUT2D eigenvalue weighted by Crippen LogP contribution is -2.44. The summed E-state index contributed by atoms with van der Waals surface area (Å²) >= 11 is 3.29. The van der Waals surface area contributed by atoms with Gasteiger partial charge in [-0.3, -0.25) is 14.4 Å². The first-order chi connectivity index (χ1) is 17.8. The normalized spacial score (nSPS) is 14.6. The molecule has 0 atom stereocenters. The van der Waals surface area contributed by atoms with Gasteiger partial charge in [-0.15, -0.1) is 23.7 Å². The highest BCUT2D eigenvalue weighted by Crippen LogP contribution is 2.34. The maximum absolute atomic E-state index is 12.0. The minimum atomic E-state index is -1.20. The molecule has 0 saturated carbocycles. The van der Waals surface area contributed by atoms with Crippen molar-refractivity contribution >= 4 is 63.1 Å². The molecule has 0 saturated heterocycles. The average molecular weight is 576 g/mol. The van der Waals surface area contributed by atoms with Crippen LogP contribution in [0, 0.1) is 0 Å². The van der Waals surface area contributed by atoms with Gasteiger partial charge in [-0.1, -0.05) is 18.2 Å². The average Bonchev–Trinajstić information content (AvgIpc) is 3.10. The third-order valence-corrected chi connectivity index (χ3v) is 9.03. The number of hydrogen-bond donors (Lipinski definition) is 4. The summed E-state index contributed by atoms with van der Waals surface area (Å²) in [5.74, 6) is 0.503. The van der Waals surface area contributed by atoms with E-state index < -0.39 is 16.8 Å². The molecule has 0 unspecified atom stereocenters. The Hall–Kier alpha value is -3.19. The highest BCUT2D eigenvalue weighted by atomic mass is 35.5. The number of aromatic amines is 1. The zero-order chi connectivity index (χ0) is 26.3. The van der Waals surface area contributed by atoms with Gasteiger partial charge in [0.15, 0.2) is 0 Å². The lowest BCUT2D eigenvalue weighted by atomic mass is 9.96. The van der Waals surface area contributed by atoms with Crippen molar-refractivity contribution in [1.29, 1.82) is 0 Å². The summed E-state index contributed by atoms with van der Waals surface area (Å²) < 4.78 is 0. The summed E-state index contributed by atoms with van der Waals surface area (Å²) in [6, 6.07) is 6.17. The molecule has 0 bridgehead atoms. The topological polar surface area (TPSA) is 172 Å². The van der Waals surface area contributed by atoms with E-state index in [-0.39, 0.29) is 29.5 Å². The molecule has 4 heterocycles. The second-order valence-corrected chi connectivity index (χ2v) is 11.1. The number of benzene rings is 1. The van der Waals surface area contributed by atoms with Crippen LogP contribution in [-0.4, -0.2) is 33.3 Å². The summed E-state index contributed by atoms with van der Waals surface area (Å²) in [4.78, 5) is 55.6. The van der Waals surface area contributed by atoms with Gasteiger partial charge in [0.25, 0.3) is 16.4 Å². The predicted octanol–water partition coefficient (Wildman–Crippen LogP) is 2.17. The maximum atomic E-state index is 12.0. The number of nitrogens with zero attached hydrogens (tertiary/aromatic N) is 2. The zero-order valence-corrected chi connectivity index (χ0v) is 22.7. The number of carboxylic acid groups (broad SMARTS) is 1. The van der Waals surface area contributed by atoms with Crippen molar-refractivity contribution in [2.24, 2.45) is 5.73 Å². The first-order valence-electron chi connectivity index (χ1n) is 11.8. The van der Waals surface area contributed by atoms with E-state index in [2.05, 4.69) is 22.1 Å². The Bertz CT molecular complexity index is 1660. The number of anilines is 2. The number of halogens is 1. The highest BCUT2D eigenvalue weighted by Gasteiger charge is 2.26. The highest BCUT2D eigenvalue weighted by molar-refractivity contribution is 7.98. The molecule has 0 spiro atoms. The summed E-state index contributed by atoms with van der Waals surface area (Å²) in [5, 5.41) is 9.47. The van der Waals surface area contributed by atoms with Gasteiger partial charge in [0.05, 0.1) is 5.39 Å². The fourth-order valence-corrected chi connectivity index (χ4v) is 7.10. The van der Waals surface area contributed by atoms with Crippen LogP contribution in [0.3, 0.4) is 0 Å². The van der Waals surface area contributed by atoms with E-state index in [1.165, 1.54) is 16.9 Å². The number of hydrogen-bond acceptors (Lipinski definition) is 10. The van der Waals surface area contributed by atoms with E-state index in [0.29, 0.717) is 35.5 Å². The van der Waals surface area contributed by atoms with E-state index in [1.54, 1.807) is 0 Å². The minimum absolute atomic E-state index is 0. The molecular weight excluding hydrogens is 550 g/mol. The van der Waals surface area contributed by atoms with Crippen LogP contribution < -0.4 is 32.8 Å². The van der Waals surface area contributed by atoms with Crippen molar-refractivity contribution in [3.8, 4) is 0 Å². The first-order valence-corrected chi connectivity index (χ1v) is 13.8. The molecule has 0 radical (unpaired) electrons. The molecule has 6 rings (SSSR count). The number of thiophene rings is 1. The van der Waals surface area contributed by atoms with Gasteiger partial charge >= 0.3 is 5.97 Å². The number of aryl methyl sites for hydroxylation is 1. The van der Waals surface area contributed by atoms with Gasteiger partial charge in [-0.05, 0) is 47.3 Å². The number of rotatable bonds is 3. The quantitative estimate of drug-likeness (QED) is 0.265. The molecule has 0 amide bonds. The first kappa shape index (κ1) is 27.8. The maximum Gasteiger partial charge on any atom is 0.372 e. The molecule has 38 heavy (non-hydrogen) atoms. The largest absolute Gasteiger partial charge is 0.475 e. The second-order valence-electron chi connectivity index (χ2n) is 8.96. The molecule has 200 valence electrons. The van der Waals surface area contributed by atoms with Gasteiger partial charge in [0.2, 0.25) is 5.82 Å². The molecule has 10 nitrogen and oxygen atoms in total. The monoisotopic (exact) mass is 575 g/mol. The molecule has 0 aliphatic carbocycles. The molecule has 2 aliphatic rings. The number of nitrogens with one attached hydrogen (secondary N) is 1. The van der Waals surface area contributed by atoms with E-state index in [1.807, 2.05) is 22.7 Å². The Labute approximate surface area is 231 Å². The Morgan fingerprint density at radius 2 is 1.95 bits per heavy atom. The number of aromatic nitrogens is 2. The van der Waals surface area contributed by atoms with Gasteiger partial charge in [-0.25, -0.2) is 9.78 Å². The fraction of sp³-hybridized carbons (Fsp3) is 0.320. The lowest BCUT2D eigenvalue weighted by molar-refractivity contribution is 0.0683. The SMILES string of the molecule is Cl.NCc1ccc2c(c1)CN(c1c(N)c(=O)c1=O)CC2.O=C(O)c1nc2sc3c(c2c(=O)[nH]1)CCCSC3. The number of carbonyl (C=O) groups is 1. The molecule has 2 aromatic carbocycles. The number of fused-ring (bicyclic) bond motifs is 4. The van der Waals surface area contributed by atoms with Crippen LogP contribution in [0.2, 0.25) is 0 Å². The molecule has 2 aliphatic heterocycles. The van der Waals surface area contributed by atoms with Gasteiger partial charge in [0, 0.05) is 30.3 Å². The smallest absolute Gasteiger partial charge is 0.372 e. The number of nitrogens with two attached hydrogens (primary N) is 2. The van der Waals surface area contributed by atoms with Crippen molar-refractivity contribution in [2.75, 3.05) is 22.9 Å². The lowest BCUT2D eigenvalue weighted by Gasteiger charge is -2.31. The predicted molar refractivity (Wildman–Crippen MR) is 154 cm³/mol. The number of aromatic carboxylic acids is 1. The van der Waals surface area contributed by atoms with Gasteiger partial charge in [0.1, 0.15) is 16.2 Å². The molecule has 13 heteroatoms. The minimum Gasteiger partial charge on any atom is -0.475 e. The zero-order valence-electron chi connectivity index (χ0n) is 20.2. The van der Waals surface area contributed by atoms with Gasteiger partial charge < -0.3 is 26.5 Å². The van der Waals surface area contributed by atoms with Crippen LogP contribution in [0.1, 0.15) is 44.2 Å². The molecule has 6 N–H and O–H groups in total. The fourth-order valence-electron chi connectivity index (χ4n) is 4.75. The van der Waals surface area contributed by atoms with Crippen LogP contribution in [-0.2, 0) is 31.7 Å². The Balaban J connectivity index is 0.000000173. The standard InChI is InChI=1S/C14H15N3O2.C11H10N2O3S2.ClH/c15-6-8-1-2-9-3-4-17(7-10(9)5-8)12-11(16)13(18)14(12)19;14-9-7-5-2-1-3-17-4-6(5)18-10(7)13-8(12-9)11(15)16;/h1-2,5H,3-4,6-7,15-16H2;1-4H2,(H,15,16)(H,12,13,14);1H. The molecule has 0 fully saturated rings. The number of nitrogen functional groups attached to an aromatic ring is 1. The number of thioether (sulfide) groups is 1. The van der Waals surface area contributed by atoms with E-state index in [4.69, 9.17) is 16.6 Å². The number of H-pyrrole nitrogens is 1. The van der Waals surface area contributed by atoms with Crippen LogP contribution >= 0.6 is 35.5 Å². The number of carboxylic acids is 1. The third-order valence-electron chi connectivity index (χ3n) is 6.65. The summed E-state index contributed by atoms with van der Waals surface area (Å²) in [6.07, 6.45) is 2.77. The Kier molecular flexibility index (Phi) is 8.26. The van der Waals surface area contributed by atoms with Crippen molar-refractivity contribution in [3.63, 3.8) is 0 Å². The van der Waals surface area contributed by atoms with Crippen LogP contribution in [0.4, 0.5) is 11.4 Å². The Morgan fingerprint density at radius 1 is 1.16 bits per heavy atom. The molecule has 4 aromatic rings. The summed E-state index contributed by atoms with van der Waals surface area (Å²) in [6.45, 7) is 1.82. The van der Waals surface area contributed by atoms with Crippen LogP contribution in [0.5, 0.6) is 0 Å². The molecule has 2 aromatic heterocycles. The van der Waals surface area contributed by atoms with Crippen molar-refractivity contribution in [1.82, 2.24) is 9.97 Å². The van der Waals surface area contributed by atoms with Crippen molar-refractivity contribution < 1.29 is 9.90 Å².